The first-order chi connectivity index (χ1) is 18.3. The second kappa shape index (κ2) is 12.3. The van der Waals surface area contributed by atoms with E-state index in [0.29, 0.717) is 56.0 Å². The van der Waals surface area contributed by atoms with Crippen molar-refractivity contribution in [2.75, 3.05) is 51.0 Å². The molecule has 1 aliphatic heterocycles. The number of pyridine rings is 1. The third-order valence-electron chi connectivity index (χ3n) is 6.93. The lowest BCUT2D eigenvalue weighted by Crippen LogP contribution is -2.36. The molecular weight excluding hydrogens is 515 g/mol. The van der Waals surface area contributed by atoms with Crippen molar-refractivity contribution in [1.29, 1.82) is 0 Å². The molecule has 1 unspecified atom stereocenters. The Morgan fingerprint density at radius 2 is 1.89 bits per heavy atom. The third kappa shape index (κ3) is 5.71. The van der Waals surface area contributed by atoms with Gasteiger partial charge >= 0.3 is 5.97 Å². The number of ether oxygens (including phenoxy) is 2. The van der Waals surface area contributed by atoms with E-state index in [1.165, 1.54) is 6.20 Å². The molecule has 1 saturated heterocycles. The Bertz CT molecular complexity index is 1390. The molecule has 38 heavy (non-hydrogen) atoms. The number of aromatic nitrogens is 1. The van der Waals surface area contributed by atoms with Gasteiger partial charge in [0.25, 0.3) is 0 Å². The maximum Gasteiger partial charge on any atom is 0.341 e. The van der Waals surface area contributed by atoms with Gasteiger partial charge in [0.05, 0.1) is 43.0 Å². The van der Waals surface area contributed by atoms with Gasteiger partial charge in [-0.2, -0.15) is 0 Å². The zero-order chi connectivity index (χ0) is 27.4. The van der Waals surface area contributed by atoms with E-state index < -0.39 is 28.8 Å². The van der Waals surface area contributed by atoms with Gasteiger partial charge in [-0.3, -0.25) is 4.79 Å². The van der Waals surface area contributed by atoms with Crippen LogP contribution in [0.3, 0.4) is 0 Å². The predicted molar refractivity (Wildman–Crippen MR) is 144 cm³/mol. The minimum absolute atomic E-state index is 0.0139. The number of carboxylic acids is 1. The second-order valence-electron chi connectivity index (χ2n) is 9.25. The summed E-state index contributed by atoms with van der Waals surface area (Å²) >= 11 is 6.28. The molecule has 0 saturated carbocycles. The SMILES string of the molecule is CCOCC(CO)n1cc(C(=O)O)c(=O)c2cc(Cc3cc(N4CCOCC4)cc(Cl)c3F)c(CC)cc21. The predicted octanol–water partition coefficient (Wildman–Crippen LogP) is 4.05. The number of aryl methyl sites for hydroxylation is 1. The van der Waals surface area contributed by atoms with E-state index in [-0.39, 0.29) is 30.0 Å². The molecule has 4 rings (SSSR count). The zero-order valence-corrected chi connectivity index (χ0v) is 22.3. The lowest BCUT2D eigenvalue weighted by atomic mass is 9.94. The molecule has 10 heteroatoms. The molecule has 2 heterocycles. The summed E-state index contributed by atoms with van der Waals surface area (Å²) in [7, 11) is 0. The van der Waals surface area contributed by atoms with Crippen molar-refractivity contribution in [3.63, 3.8) is 0 Å². The Hall–Kier alpha value is -2.98. The molecule has 0 radical (unpaired) electrons. The highest BCUT2D eigenvalue weighted by Gasteiger charge is 2.22. The van der Waals surface area contributed by atoms with E-state index in [1.54, 1.807) is 22.8 Å². The van der Waals surface area contributed by atoms with Gasteiger partial charge in [0.1, 0.15) is 11.4 Å². The number of hydrogen-bond donors (Lipinski definition) is 2. The van der Waals surface area contributed by atoms with Gasteiger partial charge in [0.2, 0.25) is 5.43 Å². The number of fused-ring (bicyclic) bond motifs is 1. The highest BCUT2D eigenvalue weighted by Crippen LogP contribution is 2.31. The van der Waals surface area contributed by atoms with Gasteiger partial charge in [-0.15, -0.1) is 0 Å². The van der Waals surface area contributed by atoms with Crippen molar-refractivity contribution in [2.24, 2.45) is 0 Å². The number of halogens is 2. The summed E-state index contributed by atoms with van der Waals surface area (Å²) in [6.07, 6.45) is 2.02. The molecule has 1 aromatic heterocycles. The average Bonchev–Trinajstić information content (AvgIpc) is 2.92. The number of rotatable bonds is 10. The van der Waals surface area contributed by atoms with Crippen molar-refractivity contribution in [3.8, 4) is 0 Å². The first-order valence-corrected chi connectivity index (χ1v) is 13.1. The fourth-order valence-electron chi connectivity index (χ4n) is 4.88. The number of carboxylic acid groups (broad SMARTS) is 1. The minimum atomic E-state index is -1.36. The summed E-state index contributed by atoms with van der Waals surface area (Å²) in [5.41, 5.74) is 2.19. The molecule has 0 amide bonds. The van der Waals surface area contributed by atoms with Crippen molar-refractivity contribution in [1.82, 2.24) is 4.57 Å². The monoisotopic (exact) mass is 546 g/mol. The molecule has 2 N–H and O–H groups in total. The molecule has 0 aliphatic carbocycles. The Morgan fingerprint density at radius 3 is 2.53 bits per heavy atom. The van der Waals surface area contributed by atoms with Crippen LogP contribution in [-0.2, 0) is 22.3 Å². The lowest BCUT2D eigenvalue weighted by molar-refractivity contribution is 0.0689. The van der Waals surface area contributed by atoms with E-state index in [1.807, 2.05) is 19.9 Å². The Labute approximate surface area is 225 Å². The Balaban J connectivity index is 1.86. The van der Waals surface area contributed by atoms with E-state index >= 15 is 4.39 Å². The Morgan fingerprint density at radius 1 is 1.16 bits per heavy atom. The fourth-order valence-corrected chi connectivity index (χ4v) is 5.11. The van der Waals surface area contributed by atoms with Crippen LogP contribution < -0.4 is 10.3 Å². The molecule has 0 bridgehead atoms. The van der Waals surface area contributed by atoms with Crippen LogP contribution in [0.2, 0.25) is 5.02 Å². The minimum Gasteiger partial charge on any atom is -0.477 e. The maximum absolute atomic E-state index is 15.2. The molecule has 2 aromatic carbocycles. The van der Waals surface area contributed by atoms with Gasteiger partial charge in [-0.1, -0.05) is 18.5 Å². The number of aromatic carboxylic acids is 1. The van der Waals surface area contributed by atoms with E-state index in [0.717, 1.165) is 11.3 Å². The topological polar surface area (TPSA) is 101 Å². The summed E-state index contributed by atoms with van der Waals surface area (Å²) in [6, 6.07) is 6.25. The first kappa shape index (κ1) is 28.0. The normalized spacial score (nSPS) is 14.7. The summed E-state index contributed by atoms with van der Waals surface area (Å²) in [5.74, 6) is -1.89. The second-order valence-corrected chi connectivity index (χ2v) is 9.66. The number of carbonyl (C=O) groups is 1. The van der Waals surface area contributed by atoms with Crippen LogP contribution in [0, 0.1) is 5.82 Å². The highest BCUT2D eigenvalue weighted by atomic mass is 35.5. The van der Waals surface area contributed by atoms with Crippen LogP contribution in [0.15, 0.2) is 35.3 Å². The van der Waals surface area contributed by atoms with Gasteiger partial charge in [0.15, 0.2) is 0 Å². The number of aliphatic hydroxyl groups is 1. The number of aliphatic hydroxyl groups excluding tert-OH is 1. The van der Waals surface area contributed by atoms with Crippen LogP contribution in [0.1, 0.15) is 46.9 Å². The first-order valence-electron chi connectivity index (χ1n) is 12.7. The van der Waals surface area contributed by atoms with Crippen LogP contribution in [0.25, 0.3) is 10.9 Å². The summed E-state index contributed by atoms with van der Waals surface area (Å²) in [4.78, 5) is 27.2. The number of anilines is 1. The summed E-state index contributed by atoms with van der Waals surface area (Å²) in [6.45, 7) is 6.52. The Kier molecular flexibility index (Phi) is 9.04. The molecule has 1 aliphatic rings. The van der Waals surface area contributed by atoms with Crippen LogP contribution in [-0.4, -0.2) is 66.9 Å². The third-order valence-corrected chi connectivity index (χ3v) is 7.20. The largest absolute Gasteiger partial charge is 0.477 e. The van der Waals surface area contributed by atoms with E-state index in [9.17, 15) is 19.8 Å². The van der Waals surface area contributed by atoms with Crippen LogP contribution in [0.4, 0.5) is 10.1 Å². The maximum atomic E-state index is 15.2. The number of benzene rings is 2. The molecule has 1 fully saturated rings. The standard InChI is InChI=1S/C28H32ClFN2O6/c1-3-17-12-25-22(27(34)23(28(35)36)14-32(25)21(15-33)16-37-4-2)11-18(17)9-19-10-20(13-24(29)26(19)30)31-5-7-38-8-6-31/h10-14,21,33H,3-9,15-16H2,1-2H3,(H,35,36). The van der Waals surface area contributed by atoms with Crippen molar-refractivity contribution >= 4 is 34.2 Å². The zero-order valence-electron chi connectivity index (χ0n) is 21.5. The highest BCUT2D eigenvalue weighted by molar-refractivity contribution is 6.31. The number of morpholine rings is 1. The number of nitrogens with zero attached hydrogens (tertiary/aromatic N) is 2. The molecule has 3 aromatic rings. The molecule has 0 spiro atoms. The summed E-state index contributed by atoms with van der Waals surface area (Å²) < 4.78 is 27.7. The molecule has 1 atom stereocenters. The van der Waals surface area contributed by atoms with Crippen LogP contribution >= 0.6 is 11.6 Å². The van der Waals surface area contributed by atoms with Gasteiger partial charge < -0.3 is 29.2 Å². The van der Waals surface area contributed by atoms with Crippen molar-refractivity contribution in [2.45, 2.75) is 32.7 Å². The molecule has 8 nitrogen and oxygen atoms in total. The van der Waals surface area contributed by atoms with Gasteiger partial charge in [-0.25, -0.2) is 9.18 Å². The quantitative estimate of drug-likeness (QED) is 0.395. The smallest absolute Gasteiger partial charge is 0.341 e. The molecule has 204 valence electrons. The van der Waals surface area contributed by atoms with E-state index in [4.69, 9.17) is 21.1 Å². The average molecular weight is 547 g/mol. The van der Waals surface area contributed by atoms with Crippen molar-refractivity contribution in [3.05, 3.63) is 73.8 Å². The fraction of sp³-hybridized carbons (Fsp3) is 0.429. The van der Waals surface area contributed by atoms with Gasteiger partial charge in [-0.05, 0) is 54.3 Å². The lowest BCUT2D eigenvalue weighted by Gasteiger charge is -2.29. The van der Waals surface area contributed by atoms with Crippen molar-refractivity contribution < 1.29 is 28.9 Å². The number of hydrogen-bond acceptors (Lipinski definition) is 6. The van der Waals surface area contributed by atoms with Gasteiger partial charge in [0, 0.05) is 43.4 Å². The van der Waals surface area contributed by atoms with E-state index in [2.05, 4.69) is 4.90 Å². The summed E-state index contributed by atoms with van der Waals surface area (Å²) in [5, 5.41) is 20.0. The van der Waals surface area contributed by atoms with Crippen LogP contribution in [0.5, 0.6) is 0 Å². The molecular formula is C28H32ClFN2O6.